The highest BCUT2D eigenvalue weighted by Gasteiger charge is 2.25. The van der Waals surface area contributed by atoms with Crippen LogP contribution < -0.4 is 5.32 Å². The summed E-state index contributed by atoms with van der Waals surface area (Å²) in [6, 6.07) is 21.0. The van der Waals surface area contributed by atoms with Gasteiger partial charge in [-0.25, -0.2) is 0 Å². The predicted octanol–water partition coefficient (Wildman–Crippen LogP) is 4.27. The van der Waals surface area contributed by atoms with Gasteiger partial charge in [-0.05, 0) is 17.5 Å². The second-order valence-electron chi connectivity index (χ2n) is 4.73. The van der Waals surface area contributed by atoms with Gasteiger partial charge in [-0.15, -0.1) is 6.58 Å². The van der Waals surface area contributed by atoms with Crippen molar-refractivity contribution in [1.82, 2.24) is 5.32 Å². The van der Waals surface area contributed by atoms with Gasteiger partial charge in [0.05, 0.1) is 5.54 Å². The molecule has 0 amide bonds. The van der Waals surface area contributed by atoms with Gasteiger partial charge in [-0.2, -0.15) is 0 Å². The number of hydrogen-bond acceptors (Lipinski definition) is 1. The molecule has 0 saturated heterocycles. The Kier molecular flexibility index (Phi) is 4.53. The van der Waals surface area contributed by atoms with E-state index in [2.05, 4.69) is 67.4 Å². The molecule has 1 nitrogen and oxygen atoms in total. The van der Waals surface area contributed by atoms with Crippen LogP contribution in [-0.4, -0.2) is 0 Å². The summed E-state index contributed by atoms with van der Waals surface area (Å²) in [5, 5.41) is 3.65. The summed E-state index contributed by atoms with van der Waals surface area (Å²) in [5.74, 6) is 0. The second-order valence-corrected chi connectivity index (χ2v) is 4.73. The summed E-state index contributed by atoms with van der Waals surface area (Å²) in [6.45, 7) is 7.06. The average molecular weight is 251 g/mol. The Labute approximate surface area is 116 Å². The molecule has 0 aliphatic rings. The van der Waals surface area contributed by atoms with Crippen molar-refractivity contribution >= 4 is 0 Å². The van der Waals surface area contributed by atoms with Gasteiger partial charge >= 0.3 is 0 Å². The molecule has 1 atom stereocenters. The van der Waals surface area contributed by atoms with Gasteiger partial charge in [0.25, 0.3) is 0 Å². The first kappa shape index (κ1) is 13.6. The van der Waals surface area contributed by atoms with E-state index in [1.54, 1.807) is 0 Å². The molecule has 0 bridgehead atoms. The van der Waals surface area contributed by atoms with Gasteiger partial charge in [-0.1, -0.05) is 73.7 Å². The van der Waals surface area contributed by atoms with Crippen molar-refractivity contribution in [2.75, 3.05) is 0 Å². The predicted molar refractivity (Wildman–Crippen MR) is 81.9 cm³/mol. The topological polar surface area (TPSA) is 12.0 Å². The molecule has 2 aromatic carbocycles. The van der Waals surface area contributed by atoms with Crippen LogP contribution in [-0.2, 0) is 12.1 Å². The third kappa shape index (κ3) is 3.12. The third-order valence-corrected chi connectivity index (χ3v) is 3.65. The molecule has 2 rings (SSSR count). The second kappa shape index (κ2) is 6.35. The van der Waals surface area contributed by atoms with Gasteiger partial charge < -0.3 is 5.32 Å². The van der Waals surface area contributed by atoms with E-state index in [1.165, 1.54) is 11.1 Å². The molecular formula is C18H21N. The molecule has 0 saturated carbocycles. The Morgan fingerprint density at radius 3 is 2.11 bits per heavy atom. The largest absolute Gasteiger partial charge is 0.300 e. The van der Waals surface area contributed by atoms with Crippen molar-refractivity contribution in [2.45, 2.75) is 25.4 Å². The lowest BCUT2D eigenvalue weighted by atomic mass is 9.87. The van der Waals surface area contributed by atoms with Gasteiger partial charge in [0, 0.05) is 6.54 Å². The lowest BCUT2D eigenvalue weighted by Gasteiger charge is -2.31. The molecule has 0 aliphatic carbocycles. The first-order valence-electron chi connectivity index (χ1n) is 6.79. The minimum Gasteiger partial charge on any atom is -0.300 e. The molecule has 1 unspecified atom stereocenters. The number of rotatable bonds is 6. The third-order valence-electron chi connectivity index (χ3n) is 3.65. The van der Waals surface area contributed by atoms with Gasteiger partial charge in [0.2, 0.25) is 0 Å². The summed E-state index contributed by atoms with van der Waals surface area (Å²) in [7, 11) is 0. The number of hydrogen-bond donors (Lipinski definition) is 1. The number of nitrogens with one attached hydrogen (secondary N) is 1. The standard InChI is InChI=1S/C18H21N/c1-3-18(4-2,17-13-9-6-10-14-17)19-15-16-11-7-5-8-12-16/h3,5-14,19H,1,4,15H2,2H3. The Morgan fingerprint density at radius 2 is 1.58 bits per heavy atom. The fourth-order valence-electron chi connectivity index (χ4n) is 2.36. The molecule has 19 heavy (non-hydrogen) atoms. The van der Waals surface area contributed by atoms with E-state index in [4.69, 9.17) is 0 Å². The molecule has 0 heterocycles. The molecule has 0 radical (unpaired) electrons. The van der Waals surface area contributed by atoms with Crippen molar-refractivity contribution in [3.05, 3.63) is 84.4 Å². The summed E-state index contributed by atoms with van der Waals surface area (Å²) in [5.41, 5.74) is 2.40. The van der Waals surface area contributed by atoms with E-state index in [0.29, 0.717) is 0 Å². The SMILES string of the molecule is C=CC(CC)(NCc1ccccc1)c1ccccc1. The maximum atomic E-state index is 4.03. The van der Waals surface area contributed by atoms with Crippen LogP contribution in [0.15, 0.2) is 73.3 Å². The lowest BCUT2D eigenvalue weighted by molar-refractivity contribution is 0.400. The summed E-state index contributed by atoms with van der Waals surface area (Å²) in [6.07, 6.45) is 3.00. The Bertz CT molecular complexity index is 504. The van der Waals surface area contributed by atoms with Crippen LogP contribution in [0, 0.1) is 0 Å². The minimum atomic E-state index is -0.156. The minimum absolute atomic E-state index is 0.156. The zero-order valence-electron chi connectivity index (χ0n) is 11.5. The summed E-state index contributed by atoms with van der Waals surface area (Å²) >= 11 is 0. The molecule has 0 fully saturated rings. The van der Waals surface area contributed by atoms with Crippen LogP contribution in [0.1, 0.15) is 24.5 Å². The Morgan fingerprint density at radius 1 is 1.00 bits per heavy atom. The van der Waals surface area contributed by atoms with E-state index in [-0.39, 0.29) is 5.54 Å². The van der Waals surface area contributed by atoms with Gasteiger partial charge in [0.1, 0.15) is 0 Å². The summed E-state index contributed by atoms with van der Waals surface area (Å²) in [4.78, 5) is 0. The van der Waals surface area contributed by atoms with Crippen LogP contribution in [0.4, 0.5) is 0 Å². The van der Waals surface area contributed by atoms with Crippen molar-refractivity contribution in [3.8, 4) is 0 Å². The van der Waals surface area contributed by atoms with Crippen molar-refractivity contribution in [1.29, 1.82) is 0 Å². The zero-order chi connectivity index (χ0) is 13.6. The van der Waals surface area contributed by atoms with E-state index in [1.807, 2.05) is 18.2 Å². The van der Waals surface area contributed by atoms with Crippen molar-refractivity contribution < 1.29 is 0 Å². The highest BCUT2D eigenvalue weighted by Crippen LogP contribution is 2.26. The summed E-state index contributed by atoms with van der Waals surface area (Å²) < 4.78 is 0. The fourth-order valence-corrected chi connectivity index (χ4v) is 2.36. The molecule has 0 aromatic heterocycles. The molecule has 0 aliphatic heterocycles. The first-order chi connectivity index (χ1) is 9.30. The Balaban J connectivity index is 2.19. The van der Waals surface area contributed by atoms with Crippen LogP contribution in [0.2, 0.25) is 0 Å². The fraction of sp³-hybridized carbons (Fsp3) is 0.222. The smallest absolute Gasteiger partial charge is 0.0617 e. The van der Waals surface area contributed by atoms with Crippen LogP contribution in [0.5, 0.6) is 0 Å². The monoisotopic (exact) mass is 251 g/mol. The van der Waals surface area contributed by atoms with Crippen molar-refractivity contribution in [3.63, 3.8) is 0 Å². The number of benzene rings is 2. The molecule has 0 spiro atoms. The van der Waals surface area contributed by atoms with Crippen LogP contribution >= 0.6 is 0 Å². The molecular weight excluding hydrogens is 230 g/mol. The van der Waals surface area contributed by atoms with Crippen molar-refractivity contribution in [2.24, 2.45) is 0 Å². The average Bonchev–Trinajstić information content (AvgIpc) is 2.51. The Hall–Kier alpha value is -1.86. The van der Waals surface area contributed by atoms with Crippen LogP contribution in [0.3, 0.4) is 0 Å². The van der Waals surface area contributed by atoms with E-state index < -0.39 is 0 Å². The molecule has 2 aromatic rings. The van der Waals surface area contributed by atoms with E-state index in [0.717, 1.165) is 13.0 Å². The van der Waals surface area contributed by atoms with Gasteiger partial charge in [0.15, 0.2) is 0 Å². The zero-order valence-corrected chi connectivity index (χ0v) is 11.5. The highest BCUT2D eigenvalue weighted by molar-refractivity contribution is 5.29. The molecule has 1 N–H and O–H groups in total. The quantitative estimate of drug-likeness (QED) is 0.756. The molecule has 98 valence electrons. The molecule has 1 heteroatoms. The van der Waals surface area contributed by atoms with E-state index in [9.17, 15) is 0 Å². The lowest BCUT2D eigenvalue weighted by Crippen LogP contribution is -2.39. The maximum Gasteiger partial charge on any atom is 0.0617 e. The van der Waals surface area contributed by atoms with E-state index >= 15 is 0 Å². The highest BCUT2D eigenvalue weighted by atomic mass is 15.0. The van der Waals surface area contributed by atoms with Crippen LogP contribution in [0.25, 0.3) is 0 Å². The maximum absolute atomic E-state index is 4.03. The van der Waals surface area contributed by atoms with Gasteiger partial charge in [-0.3, -0.25) is 0 Å². The first-order valence-corrected chi connectivity index (χ1v) is 6.79. The normalized spacial score (nSPS) is 13.7.